The summed E-state index contributed by atoms with van der Waals surface area (Å²) in [4.78, 5) is 21.9. The number of hydrogen-bond donors (Lipinski definition) is 2. The van der Waals surface area contributed by atoms with Gasteiger partial charge >= 0.3 is 0 Å². The maximum atomic E-state index is 12.3. The second-order valence-corrected chi connectivity index (χ2v) is 7.10. The smallest absolute Gasteiger partial charge is 0.252 e. The van der Waals surface area contributed by atoms with Gasteiger partial charge in [0.05, 0.1) is 0 Å². The van der Waals surface area contributed by atoms with Crippen LogP contribution in [0.15, 0.2) is 59.7 Å². The quantitative estimate of drug-likeness (QED) is 0.744. The first-order valence-corrected chi connectivity index (χ1v) is 9.14. The monoisotopic (exact) mass is 348 g/mol. The van der Waals surface area contributed by atoms with Crippen LogP contribution in [0.25, 0.3) is 10.9 Å². The molecule has 3 heterocycles. The van der Waals surface area contributed by atoms with Crippen LogP contribution in [0.5, 0.6) is 0 Å². The fourth-order valence-electron chi connectivity index (χ4n) is 4.03. The Morgan fingerprint density at radius 1 is 1.27 bits per heavy atom. The van der Waals surface area contributed by atoms with E-state index in [4.69, 9.17) is 0 Å². The zero-order valence-electron chi connectivity index (χ0n) is 15.0. The molecule has 0 aliphatic carbocycles. The molecule has 1 saturated heterocycles. The lowest BCUT2D eigenvalue weighted by Crippen LogP contribution is -2.29. The van der Waals surface area contributed by atoms with Crippen molar-refractivity contribution in [1.82, 2.24) is 20.2 Å². The molecule has 26 heavy (non-hydrogen) atoms. The van der Waals surface area contributed by atoms with Gasteiger partial charge in [0.2, 0.25) is 0 Å². The molecule has 0 saturated carbocycles. The Morgan fingerprint density at radius 3 is 3.00 bits per heavy atom. The van der Waals surface area contributed by atoms with Crippen molar-refractivity contribution in [3.63, 3.8) is 0 Å². The molecule has 4 rings (SSSR count). The third-order valence-electron chi connectivity index (χ3n) is 5.35. The Labute approximate surface area is 153 Å². The second-order valence-electron chi connectivity index (χ2n) is 7.10. The van der Waals surface area contributed by atoms with Crippen LogP contribution in [0, 0.1) is 5.92 Å². The van der Waals surface area contributed by atoms with Gasteiger partial charge in [-0.1, -0.05) is 24.3 Å². The van der Waals surface area contributed by atoms with Gasteiger partial charge in [-0.3, -0.25) is 14.7 Å². The Kier molecular flexibility index (Phi) is 4.82. The summed E-state index contributed by atoms with van der Waals surface area (Å²) in [6.07, 6.45) is 4.93. The molecular formula is C21H24N4O. The van der Waals surface area contributed by atoms with E-state index in [0.29, 0.717) is 18.5 Å². The summed E-state index contributed by atoms with van der Waals surface area (Å²) >= 11 is 0. The number of benzene rings is 1. The highest BCUT2D eigenvalue weighted by molar-refractivity contribution is 5.78. The maximum Gasteiger partial charge on any atom is 0.252 e. The minimum Gasteiger partial charge on any atom is -0.322 e. The lowest BCUT2D eigenvalue weighted by atomic mass is 9.94. The number of nitrogens with zero attached hydrogens (tertiary/aromatic N) is 2. The van der Waals surface area contributed by atoms with Gasteiger partial charge in [-0.05, 0) is 55.1 Å². The molecular weight excluding hydrogens is 324 g/mol. The molecule has 5 heteroatoms. The lowest BCUT2D eigenvalue weighted by Gasteiger charge is -2.25. The summed E-state index contributed by atoms with van der Waals surface area (Å²) in [5.74, 6) is 0.517. The van der Waals surface area contributed by atoms with Crippen molar-refractivity contribution in [3.8, 4) is 0 Å². The van der Waals surface area contributed by atoms with E-state index in [-0.39, 0.29) is 5.56 Å². The molecule has 1 aliphatic rings. The molecule has 0 amide bonds. The van der Waals surface area contributed by atoms with Crippen molar-refractivity contribution in [3.05, 3.63) is 76.3 Å². The van der Waals surface area contributed by atoms with Gasteiger partial charge in [0.1, 0.15) is 0 Å². The number of aromatic amines is 1. The zero-order chi connectivity index (χ0) is 17.9. The average Bonchev–Trinajstić information content (AvgIpc) is 3.03. The standard InChI is InChI=1S/C21H24N4O/c1-25-10-8-17(20(25)16-6-4-9-22-12-16)13-23-14-18-11-15-5-2-3-7-19(15)24-21(18)26/h2-7,9,11-12,17,20,23H,8,10,13-14H2,1H3,(H,24,26)/t17-,20-/m0/s1. The summed E-state index contributed by atoms with van der Waals surface area (Å²) in [5, 5.41) is 4.57. The average molecular weight is 348 g/mol. The Bertz CT molecular complexity index is 937. The highest BCUT2D eigenvalue weighted by atomic mass is 16.1. The van der Waals surface area contributed by atoms with Crippen molar-refractivity contribution in [2.24, 2.45) is 5.92 Å². The zero-order valence-corrected chi connectivity index (χ0v) is 15.0. The van der Waals surface area contributed by atoms with Crippen LogP contribution in [0.4, 0.5) is 0 Å². The van der Waals surface area contributed by atoms with Crippen molar-refractivity contribution in [1.29, 1.82) is 0 Å². The first-order valence-electron chi connectivity index (χ1n) is 9.14. The molecule has 0 radical (unpaired) electrons. The molecule has 1 fully saturated rings. The van der Waals surface area contributed by atoms with Crippen LogP contribution in [0.2, 0.25) is 0 Å². The first-order chi connectivity index (χ1) is 12.7. The van der Waals surface area contributed by atoms with Crippen molar-refractivity contribution < 1.29 is 0 Å². The normalized spacial score (nSPS) is 20.7. The molecule has 1 aliphatic heterocycles. The van der Waals surface area contributed by atoms with E-state index >= 15 is 0 Å². The summed E-state index contributed by atoms with van der Waals surface area (Å²) in [6, 6.07) is 14.4. The highest BCUT2D eigenvalue weighted by Crippen LogP contribution is 2.35. The van der Waals surface area contributed by atoms with E-state index in [1.165, 1.54) is 5.56 Å². The molecule has 2 atom stereocenters. The third-order valence-corrected chi connectivity index (χ3v) is 5.35. The third kappa shape index (κ3) is 3.41. The number of fused-ring (bicyclic) bond motifs is 1. The van der Waals surface area contributed by atoms with Crippen LogP contribution in [-0.2, 0) is 6.54 Å². The Balaban J connectivity index is 1.44. The van der Waals surface area contributed by atoms with Gasteiger partial charge in [-0.15, -0.1) is 0 Å². The summed E-state index contributed by atoms with van der Waals surface area (Å²) in [5.41, 5.74) is 2.93. The number of H-pyrrole nitrogens is 1. The summed E-state index contributed by atoms with van der Waals surface area (Å²) in [7, 11) is 2.17. The van der Waals surface area contributed by atoms with Crippen molar-refractivity contribution in [2.45, 2.75) is 19.0 Å². The van der Waals surface area contributed by atoms with E-state index in [1.54, 1.807) is 0 Å². The van der Waals surface area contributed by atoms with Gasteiger partial charge in [-0.25, -0.2) is 0 Å². The van der Waals surface area contributed by atoms with E-state index in [0.717, 1.165) is 36.0 Å². The van der Waals surface area contributed by atoms with Crippen LogP contribution in [0.3, 0.4) is 0 Å². The fraction of sp³-hybridized carbons (Fsp3) is 0.333. The van der Waals surface area contributed by atoms with E-state index < -0.39 is 0 Å². The maximum absolute atomic E-state index is 12.3. The number of aromatic nitrogens is 2. The number of likely N-dealkylation sites (tertiary alicyclic amines) is 1. The van der Waals surface area contributed by atoms with E-state index in [2.05, 4.69) is 33.3 Å². The predicted molar refractivity (Wildman–Crippen MR) is 104 cm³/mol. The first kappa shape index (κ1) is 16.9. The second kappa shape index (κ2) is 7.40. The van der Waals surface area contributed by atoms with Crippen molar-refractivity contribution in [2.75, 3.05) is 20.1 Å². The fourth-order valence-corrected chi connectivity index (χ4v) is 4.03. The number of pyridine rings is 2. The topological polar surface area (TPSA) is 61.0 Å². The summed E-state index contributed by atoms with van der Waals surface area (Å²) in [6.45, 7) is 2.55. The number of para-hydroxylation sites is 1. The van der Waals surface area contributed by atoms with Gasteiger partial charge in [0.25, 0.3) is 5.56 Å². The minimum atomic E-state index is -0.0106. The highest BCUT2D eigenvalue weighted by Gasteiger charge is 2.32. The minimum absolute atomic E-state index is 0.0106. The molecule has 0 spiro atoms. The predicted octanol–water partition coefficient (Wildman–Crippen LogP) is 2.71. The molecule has 0 bridgehead atoms. The van der Waals surface area contributed by atoms with Crippen LogP contribution in [-0.4, -0.2) is 35.0 Å². The molecule has 3 aromatic rings. The van der Waals surface area contributed by atoms with Crippen LogP contribution >= 0.6 is 0 Å². The lowest BCUT2D eigenvalue weighted by molar-refractivity contribution is 0.271. The molecule has 134 valence electrons. The van der Waals surface area contributed by atoms with E-state index in [9.17, 15) is 4.79 Å². The SMILES string of the molecule is CN1CC[C@@H](CNCc2cc3ccccc3[nH]c2=O)[C@@H]1c1cccnc1. The number of rotatable bonds is 5. The Hall–Kier alpha value is -2.50. The largest absolute Gasteiger partial charge is 0.322 e. The Morgan fingerprint density at radius 2 is 2.15 bits per heavy atom. The van der Waals surface area contributed by atoms with E-state index in [1.807, 2.05) is 48.8 Å². The van der Waals surface area contributed by atoms with Gasteiger partial charge in [0.15, 0.2) is 0 Å². The molecule has 1 aromatic carbocycles. The van der Waals surface area contributed by atoms with Crippen LogP contribution < -0.4 is 10.9 Å². The van der Waals surface area contributed by atoms with Gasteiger partial charge in [-0.2, -0.15) is 0 Å². The van der Waals surface area contributed by atoms with Gasteiger partial charge < -0.3 is 10.3 Å². The molecule has 5 nitrogen and oxygen atoms in total. The molecule has 0 unspecified atom stereocenters. The van der Waals surface area contributed by atoms with Gasteiger partial charge in [0, 0.05) is 42.6 Å². The molecule has 2 N–H and O–H groups in total. The van der Waals surface area contributed by atoms with Crippen molar-refractivity contribution >= 4 is 10.9 Å². The molecule has 2 aromatic heterocycles. The van der Waals surface area contributed by atoms with Crippen LogP contribution in [0.1, 0.15) is 23.6 Å². The number of nitrogens with one attached hydrogen (secondary N) is 2. The number of hydrogen-bond acceptors (Lipinski definition) is 4. The summed E-state index contributed by atoms with van der Waals surface area (Å²) < 4.78 is 0.